The van der Waals surface area contributed by atoms with Crippen molar-refractivity contribution in [2.45, 2.75) is 13.3 Å². The molecule has 0 radical (unpaired) electrons. The van der Waals surface area contributed by atoms with Crippen molar-refractivity contribution in [2.24, 2.45) is 0 Å². The van der Waals surface area contributed by atoms with Crippen LogP contribution in [0.25, 0.3) is 10.9 Å². The van der Waals surface area contributed by atoms with E-state index in [1.54, 1.807) is 0 Å². The zero-order chi connectivity index (χ0) is 13.3. The number of ether oxygens (including phenoxy) is 1. The van der Waals surface area contributed by atoms with Gasteiger partial charge in [-0.25, -0.2) is 4.79 Å². The number of nitrogens with zero attached hydrogens (tertiary/aromatic N) is 1. The van der Waals surface area contributed by atoms with Crippen molar-refractivity contribution < 1.29 is 9.53 Å². The third kappa shape index (κ3) is 2.22. The van der Waals surface area contributed by atoms with Crippen LogP contribution in [-0.2, 0) is 11.2 Å². The highest BCUT2D eigenvalue weighted by Crippen LogP contribution is 2.31. The number of benzene rings is 1. The molecule has 0 fully saturated rings. The normalized spacial score (nSPS) is 10.7. The van der Waals surface area contributed by atoms with Crippen molar-refractivity contribution in [3.8, 4) is 0 Å². The van der Waals surface area contributed by atoms with Gasteiger partial charge < -0.3 is 4.74 Å². The molecule has 0 spiro atoms. The Morgan fingerprint density at radius 1 is 1.50 bits per heavy atom. The number of aryl methyl sites for hydroxylation is 1. The van der Waals surface area contributed by atoms with E-state index < -0.39 is 5.97 Å². The zero-order valence-corrected chi connectivity index (χ0v) is 12.3. The van der Waals surface area contributed by atoms with Crippen molar-refractivity contribution in [3.63, 3.8) is 0 Å². The van der Waals surface area contributed by atoms with E-state index in [9.17, 15) is 4.79 Å². The molecule has 0 aliphatic heterocycles. The molecule has 3 nitrogen and oxygen atoms in total. The number of methoxy groups -OCH3 is 1. The van der Waals surface area contributed by atoms with E-state index in [1.165, 1.54) is 13.3 Å². The van der Waals surface area contributed by atoms with Crippen molar-refractivity contribution >= 4 is 44.4 Å². The summed E-state index contributed by atoms with van der Waals surface area (Å²) in [4.78, 5) is 15.9. The van der Waals surface area contributed by atoms with E-state index >= 15 is 0 Å². The quantitative estimate of drug-likeness (QED) is 0.782. The van der Waals surface area contributed by atoms with E-state index in [1.807, 2.05) is 19.1 Å². The number of fused-ring (bicyclic) bond motifs is 1. The Balaban J connectivity index is 2.78. The van der Waals surface area contributed by atoms with Gasteiger partial charge in [-0.05, 0) is 24.1 Å². The highest BCUT2D eigenvalue weighted by molar-refractivity contribution is 9.10. The van der Waals surface area contributed by atoms with Gasteiger partial charge in [-0.1, -0.05) is 34.5 Å². The lowest BCUT2D eigenvalue weighted by Crippen LogP contribution is -2.04. The smallest absolute Gasteiger partial charge is 0.340 e. The maximum Gasteiger partial charge on any atom is 0.340 e. The number of hydrogen-bond donors (Lipinski definition) is 0. The van der Waals surface area contributed by atoms with Gasteiger partial charge in [0.2, 0.25) is 0 Å². The predicted molar refractivity (Wildman–Crippen MR) is 75.2 cm³/mol. The summed E-state index contributed by atoms with van der Waals surface area (Å²) in [5.74, 6) is -0.479. The van der Waals surface area contributed by atoms with Crippen molar-refractivity contribution in [3.05, 3.63) is 39.0 Å². The highest BCUT2D eigenvalue weighted by atomic mass is 79.9. The molecule has 0 N–H and O–H groups in total. The number of pyridine rings is 1. The van der Waals surface area contributed by atoms with Gasteiger partial charge in [0.05, 0.1) is 23.2 Å². The Morgan fingerprint density at radius 3 is 2.83 bits per heavy atom. The minimum atomic E-state index is -0.479. The Bertz CT molecular complexity index is 628. The molecular formula is C13H11BrClNO2. The fourth-order valence-corrected chi connectivity index (χ4v) is 2.60. The van der Waals surface area contributed by atoms with Gasteiger partial charge >= 0.3 is 5.97 Å². The van der Waals surface area contributed by atoms with Crippen LogP contribution in [0.2, 0.25) is 5.02 Å². The second-order valence-corrected chi connectivity index (χ2v) is 5.09. The van der Waals surface area contributed by atoms with E-state index in [-0.39, 0.29) is 5.56 Å². The summed E-state index contributed by atoms with van der Waals surface area (Å²) in [7, 11) is 1.32. The van der Waals surface area contributed by atoms with Crippen molar-refractivity contribution in [1.29, 1.82) is 0 Å². The minimum absolute atomic E-state index is 0.284. The van der Waals surface area contributed by atoms with Gasteiger partial charge in [-0.2, -0.15) is 0 Å². The molecule has 0 aliphatic rings. The first-order chi connectivity index (χ1) is 8.58. The first kappa shape index (κ1) is 13.3. The first-order valence-corrected chi connectivity index (χ1v) is 6.60. The molecule has 0 unspecified atom stereocenters. The monoisotopic (exact) mass is 327 g/mol. The average Bonchev–Trinajstić information content (AvgIpc) is 2.38. The van der Waals surface area contributed by atoms with Crippen LogP contribution in [0, 0.1) is 0 Å². The standard InChI is InChI=1S/C13H11BrClNO2/c1-3-7-4-8(14)5-9-11(15)10(13(17)18-2)6-16-12(7)9/h4-6H,3H2,1-2H3. The summed E-state index contributed by atoms with van der Waals surface area (Å²) in [6.07, 6.45) is 2.31. The maximum absolute atomic E-state index is 11.6. The minimum Gasteiger partial charge on any atom is -0.465 e. The van der Waals surface area contributed by atoms with Gasteiger partial charge in [0, 0.05) is 16.1 Å². The molecule has 0 saturated carbocycles. The lowest BCUT2D eigenvalue weighted by molar-refractivity contribution is 0.0600. The molecule has 18 heavy (non-hydrogen) atoms. The van der Waals surface area contributed by atoms with E-state index in [2.05, 4.69) is 25.7 Å². The fourth-order valence-electron chi connectivity index (χ4n) is 1.83. The average molecular weight is 329 g/mol. The zero-order valence-electron chi connectivity index (χ0n) is 9.96. The molecule has 1 heterocycles. The number of carbonyl (C=O) groups is 1. The summed E-state index contributed by atoms with van der Waals surface area (Å²) in [5, 5.41) is 1.13. The molecule has 0 bridgehead atoms. The summed E-state index contributed by atoms with van der Waals surface area (Å²) in [5.41, 5.74) is 2.18. The van der Waals surface area contributed by atoms with Gasteiger partial charge in [0.1, 0.15) is 0 Å². The van der Waals surface area contributed by atoms with Gasteiger partial charge in [-0.3, -0.25) is 4.98 Å². The maximum atomic E-state index is 11.6. The molecule has 1 aromatic heterocycles. The van der Waals surface area contributed by atoms with Gasteiger partial charge in [0.15, 0.2) is 0 Å². The van der Waals surface area contributed by atoms with Crippen molar-refractivity contribution in [2.75, 3.05) is 7.11 Å². The van der Waals surface area contributed by atoms with Crippen LogP contribution < -0.4 is 0 Å². The van der Waals surface area contributed by atoms with E-state index in [0.717, 1.165) is 27.4 Å². The van der Waals surface area contributed by atoms with Crippen LogP contribution >= 0.6 is 27.5 Å². The Morgan fingerprint density at radius 2 is 2.22 bits per heavy atom. The van der Waals surface area contributed by atoms with Crippen LogP contribution in [0.5, 0.6) is 0 Å². The molecule has 0 amide bonds. The SMILES string of the molecule is CCc1cc(Br)cc2c(Cl)c(C(=O)OC)cnc12. The number of carbonyl (C=O) groups excluding carboxylic acids is 1. The van der Waals surface area contributed by atoms with Crippen LogP contribution in [0.4, 0.5) is 0 Å². The van der Waals surface area contributed by atoms with Gasteiger partial charge in [-0.15, -0.1) is 0 Å². The largest absolute Gasteiger partial charge is 0.465 e. The number of rotatable bonds is 2. The molecule has 0 saturated heterocycles. The third-order valence-electron chi connectivity index (χ3n) is 2.74. The molecule has 94 valence electrons. The molecule has 5 heteroatoms. The van der Waals surface area contributed by atoms with Crippen LogP contribution in [0.15, 0.2) is 22.8 Å². The van der Waals surface area contributed by atoms with Crippen LogP contribution in [0.1, 0.15) is 22.8 Å². The lowest BCUT2D eigenvalue weighted by Gasteiger charge is -2.09. The third-order valence-corrected chi connectivity index (χ3v) is 3.60. The Labute approximate surface area is 118 Å². The molecule has 1 aromatic carbocycles. The number of esters is 1. The molecule has 0 atom stereocenters. The summed E-state index contributed by atoms with van der Waals surface area (Å²) in [6, 6.07) is 3.86. The van der Waals surface area contributed by atoms with E-state index in [0.29, 0.717) is 5.02 Å². The van der Waals surface area contributed by atoms with Crippen LogP contribution in [-0.4, -0.2) is 18.1 Å². The molecular weight excluding hydrogens is 318 g/mol. The summed E-state index contributed by atoms with van der Waals surface area (Å²) in [6.45, 7) is 2.05. The second kappa shape index (κ2) is 5.24. The lowest BCUT2D eigenvalue weighted by atomic mass is 10.1. The van der Waals surface area contributed by atoms with Gasteiger partial charge in [0.25, 0.3) is 0 Å². The predicted octanol–water partition coefficient (Wildman–Crippen LogP) is 4.00. The van der Waals surface area contributed by atoms with E-state index in [4.69, 9.17) is 11.6 Å². The molecule has 0 aliphatic carbocycles. The topological polar surface area (TPSA) is 39.2 Å². The molecule has 2 aromatic rings. The summed E-state index contributed by atoms with van der Waals surface area (Å²) < 4.78 is 5.59. The number of halogens is 2. The molecule has 2 rings (SSSR count). The Kier molecular flexibility index (Phi) is 3.88. The van der Waals surface area contributed by atoms with Crippen LogP contribution in [0.3, 0.4) is 0 Å². The Hall–Kier alpha value is -1.13. The summed E-state index contributed by atoms with van der Waals surface area (Å²) >= 11 is 9.69. The number of aromatic nitrogens is 1. The number of hydrogen-bond acceptors (Lipinski definition) is 3. The highest BCUT2D eigenvalue weighted by Gasteiger charge is 2.16. The first-order valence-electron chi connectivity index (χ1n) is 5.43. The fraction of sp³-hybridized carbons (Fsp3) is 0.231. The van der Waals surface area contributed by atoms with Crippen molar-refractivity contribution in [1.82, 2.24) is 4.98 Å². The second-order valence-electron chi connectivity index (χ2n) is 3.79.